The topological polar surface area (TPSA) is 68.0 Å². The van der Waals surface area contributed by atoms with Gasteiger partial charge in [0.1, 0.15) is 5.69 Å². The Bertz CT molecular complexity index is 516. The molecule has 1 N–H and O–H groups in total. The number of pyridine rings is 1. The van der Waals surface area contributed by atoms with Crippen molar-refractivity contribution in [2.24, 2.45) is 0 Å². The second-order valence-electron chi connectivity index (χ2n) is 3.62. The molecule has 0 amide bonds. The SMILES string of the molecule is CC(C)n1ncc2cnc(C(=O)O)cc21. The highest BCUT2D eigenvalue weighted by Gasteiger charge is 2.10. The smallest absolute Gasteiger partial charge is 0.354 e. The molecule has 78 valence electrons. The molecule has 0 aliphatic rings. The summed E-state index contributed by atoms with van der Waals surface area (Å²) in [5.74, 6) is -1.02. The third kappa shape index (κ3) is 1.56. The highest BCUT2D eigenvalue weighted by Crippen LogP contribution is 2.17. The fraction of sp³-hybridized carbons (Fsp3) is 0.300. The van der Waals surface area contributed by atoms with Crippen LogP contribution in [0.5, 0.6) is 0 Å². The van der Waals surface area contributed by atoms with Gasteiger partial charge in [0.15, 0.2) is 0 Å². The Hall–Kier alpha value is -1.91. The summed E-state index contributed by atoms with van der Waals surface area (Å²) in [6.07, 6.45) is 3.22. The van der Waals surface area contributed by atoms with Gasteiger partial charge in [-0.3, -0.25) is 4.68 Å². The molecule has 0 spiro atoms. The van der Waals surface area contributed by atoms with E-state index in [1.165, 1.54) is 6.20 Å². The van der Waals surface area contributed by atoms with Crippen LogP contribution in [0.1, 0.15) is 30.4 Å². The number of carbonyl (C=O) groups is 1. The van der Waals surface area contributed by atoms with Gasteiger partial charge in [0.25, 0.3) is 0 Å². The zero-order valence-corrected chi connectivity index (χ0v) is 8.51. The predicted molar refractivity (Wildman–Crippen MR) is 54.9 cm³/mol. The maximum atomic E-state index is 10.8. The molecule has 2 aromatic heterocycles. The van der Waals surface area contributed by atoms with Gasteiger partial charge >= 0.3 is 5.97 Å². The Kier molecular flexibility index (Phi) is 2.15. The Balaban J connectivity index is 2.66. The van der Waals surface area contributed by atoms with Crippen molar-refractivity contribution in [1.82, 2.24) is 14.8 Å². The first-order valence-electron chi connectivity index (χ1n) is 4.66. The number of aromatic carboxylic acids is 1. The van der Waals surface area contributed by atoms with Gasteiger partial charge in [-0.1, -0.05) is 0 Å². The van der Waals surface area contributed by atoms with E-state index >= 15 is 0 Å². The number of nitrogens with zero attached hydrogens (tertiary/aromatic N) is 3. The maximum absolute atomic E-state index is 10.8. The summed E-state index contributed by atoms with van der Waals surface area (Å²) < 4.78 is 1.78. The van der Waals surface area contributed by atoms with E-state index in [4.69, 9.17) is 5.11 Å². The lowest BCUT2D eigenvalue weighted by molar-refractivity contribution is 0.0690. The molecule has 15 heavy (non-hydrogen) atoms. The molecule has 2 rings (SSSR count). The van der Waals surface area contributed by atoms with Gasteiger partial charge in [-0.15, -0.1) is 0 Å². The van der Waals surface area contributed by atoms with Crippen LogP contribution in [0.4, 0.5) is 0 Å². The van der Waals surface area contributed by atoms with Crippen molar-refractivity contribution in [2.45, 2.75) is 19.9 Å². The number of aromatic nitrogens is 3. The van der Waals surface area contributed by atoms with Gasteiger partial charge in [0, 0.05) is 17.6 Å². The van der Waals surface area contributed by atoms with Gasteiger partial charge in [0.2, 0.25) is 0 Å². The average molecular weight is 205 g/mol. The molecule has 0 aromatic carbocycles. The van der Waals surface area contributed by atoms with E-state index in [-0.39, 0.29) is 11.7 Å². The van der Waals surface area contributed by atoms with Gasteiger partial charge in [-0.05, 0) is 19.9 Å². The molecule has 5 heteroatoms. The Morgan fingerprint density at radius 1 is 1.47 bits per heavy atom. The molecule has 0 bridgehead atoms. The van der Waals surface area contributed by atoms with Crippen LogP contribution in [0.3, 0.4) is 0 Å². The summed E-state index contributed by atoms with van der Waals surface area (Å²) in [5, 5.41) is 13.9. The highest BCUT2D eigenvalue weighted by atomic mass is 16.4. The Morgan fingerprint density at radius 2 is 2.20 bits per heavy atom. The number of hydrogen-bond donors (Lipinski definition) is 1. The summed E-state index contributed by atoms with van der Waals surface area (Å²) >= 11 is 0. The van der Waals surface area contributed by atoms with Gasteiger partial charge in [-0.2, -0.15) is 5.10 Å². The van der Waals surface area contributed by atoms with Crippen molar-refractivity contribution < 1.29 is 9.90 Å². The number of hydrogen-bond acceptors (Lipinski definition) is 3. The summed E-state index contributed by atoms with van der Waals surface area (Å²) in [6.45, 7) is 3.99. The number of carboxylic acids is 1. The molecule has 0 atom stereocenters. The minimum absolute atomic E-state index is 0.0462. The number of fused-ring (bicyclic) bond motifs is 1. The zero-order chi connectivity index (χ0) is 11.0. The lowest BCUT2D eigenvalue weighted by Gasteiger charge is -2.06. The highest BCUT2D eigenvalue weighted by molar-refractivity contribution is 5.90. The number of carboxylic acid groups (broad SMARTS) is 1. The normalized spacial score (nSPS) is 11.1. The number of rotatable bonds is 2. The van der Waals surface area contributed by atoms with E-state index in [0.717, 1.165) is 10.9 Å². The van der Waals surface area contributed by atoms with E-state index in [9.17, 15) is 4.79 Å². The molecule has 0 aliphatic carbocycles. The van der Waals surface area contributed by atoms with Crippen molar-refractivity contribution >= 4 is 16.9 Å². The first-order valence-corrected chi connectivity index (χ1v) is 4.66. The molecular formula is C10H11N3O2. The third-order valence-corrected chi connectivity index (χ3v) is 2.19. The average Bonchev–Trinajstić information content (AvgIpc) is 2.59. The summed E-state index contributed by atoms with van der Waals surface area (Å²) in [6, 6.07) is 1.75. The first-order chi connectivity index (χ1) is 7.09. The quantitative estimate of drug-likeness (QED) is 0.810. The first kappa shape index (κ1) is 9.64. The molecule has 2 heterocycles. The minimum atomic E-state index is -1.02. The van der Waals surface area contributed by atoms with Crippen LogP contribution in [-0.2, 0) is 0 Å². The standard InChI is InChI=1S/C10H11N3O2/c1-6(2)13-9-3-8(10(14)15)11-4-7(9)5-12-13/h3-6H,1-2H3,(H,14,15). The molecule has 0 saturated heterocycles. The molecule has 0 radical (unpaired) electrons. The van der Waals surface area contributed by atoms with E-state index in [0.29, 0.717) is 0 Å². The van der Waals surface area contributed by atoms with Crippen molar-refractivity contribution in [3.63, 3.8) is 0 Å². The Morgan fingerprint density at radius 3 is 2.80 bits per heavy atom. The fourth-order valence-corrected chi connectivity index (χ4v) is 1.47. The van der Waals surface area contributed by atoms with E-state index in [1.807, 2.05) is 13.8 Å². The van der Waals surface area contributed by atoms with Gasteiger partial charge in [-0.25, -0.2) is 9.78 Å². The van der Waals surface area contributed by atoms with Crippen molar-refractivity contribution in [1.29, 1.82) is 0 Å². The summed E-state index contributed by atoms with van der Waals surface area (Å²) in [5.41, 5.74) is 0.849. The second kappa shape index (κ2) is 3.34. The van der Waals surface area contributed by atoms with Crippen LogP contribution < -0.4 is 0 Å². The van der Waals surface area contributed by atoms with Gasteiger partial charge < -0.3 is 5.11 Å². The van der Waals surface area contributed by atoms with E-state index in [1.54, 1.807) is 16.9 Å². The van der Waals surface area contributed by atoms with Crippen LogP contribution in [0, 0.1) is 0 Å². The molecule has 5 nitrogen and oxygen atoms in total. The fourth-order valence-electron chi connectivity index (χ4n) is 1.47. The van der Waals surface area contributed by atoms with Crippen LogP contribution in [-0.4, -0.2) is 25.8 Å². The minimum Gasteiger partial charge on any atom is -0.477 e. The Labute approximate surface area is 86.4 Å². The van der Waals surface area contributed by atoms with Crippen LogP contribution >= 0.6 is 0 Å². The van der Waals surface area contributed by atoms with Crippen LogP contribution in [0.15, 0.2) is 18.5 Å². The molecule has 0 unspecified atom stereocenters. The largest absolute Gasteiger partial charge is 0.477 e. The third-order valence-electron chi connectivity index (χ3n) is 2.19. The molecule has 0 saturated carbocycles. The zero-order valence-electron chi connectivity index (χ0n) is 8.51. The van der Waals surface area contributed by atoms with E-state index in [2.05, 4.69) is 10.1 Å². The molecular weight excluding hydrogens is 194 g/mol. The lowest BCUT2D eigenvalue weighted by Crippen LogP contribution is -2.04. The lowest BCUT2D eigenvalue weighted by atomic mass is 10.2. The van der Waals surface area contributed by atoms with Crippen molar-refractivity contribution in [2.75, 3.05) is 0 Å². The van der Waals surface area contributed by atoms with Crippen molar-refractivity contribution in [3.8, 4) is 0 Å². The van der Waals surface area contributed by atoms with Crippen LogP contribution in [0.2, 0.25) is 0 Å². The molecule has 0 aliphatic heterocycles. The van der Waals surface area contributed by atoms with Crippen molar-refractivity contribution in [3.05, 3.63) is 24.2 Å². The summed E-state index contributed by atoms with van der Waals surface area (Å²) in [4.78, 5) is 14.6. The monoisotopic (exact) mass is 205 g/mol. The van der Waals surface area contributed by atoms with Crippen LogP contribution in [0.25, 0.3) is 10.9 Å². The summed E-state index contributed by atoms with van der Waals surface area (Å²) in [7, 11) is 0. The maximum Gasteiger partial charge on any atom is 0.354 e. The second-order valence-corrected chi connectivity index (χ2v) is 3.62. The van der Waals surface area contributed by atoms with Gasteiger partial charge in [0.05, 0.1) is 11.7 Å². The molecule has 2 aromatic rings. The predicted octanol–water partition coefficient (Wildman–Crippen LogP) is 1.71. The molecule has 0 fully saturated rings. The van der Waals surface area contributed by atoms with E-state index < -0.39 is 5.97 Å².